The Hall–Kier alpha value is -5.27. The Kier molecular flexibility index (Phi) is 5.21. The molecule has 8 aromatic rings. The van der Waals surface area contributed by atoms with E-state index in [1.165, 1.54) is 76.5 Å². The van der Waals surface area contributed by atoms with Crippen LogP contribution < -0.4 is 0 Å². The second-order valence-corrected chi connectivity index (χ2v) is 10.4. The third-order valence-corrected chi connectivity index (χ3v) is 8.11. The second-order valence-electron chi connectivity index (χ2n) is 10.4. The lowest BCUT2D eigenvalue weighted by Crippen LogP contribution is -1.92. The molecule has 8 rings (SSSR count). The number of hydrogen-bond donors (Lipinski definition) is 0. The average Bonchev–Trinajstić information content (AvgIpc) is 3.03. The van der Waals surface area contributed by atoms with Crippen LogP contribution in [0.25, 0.3) is 76.5 Å². The molecule has 0 saturated carbocycles. The van der Waals surface area contributed by atoms with Gasteiger partial charge in [-0.3, -0.25) is 4.98 Å². The molecule has 0 saturated heterocycles. The fraction of sp³-hybridized carbons (Fsp3) is 0. The fourth-order valence-corrected chi connectivity index (χ4v) is 6.21. The molecule has 40 heavy (non-hydrogen) atoms. The van der Waals surface area contributed by atoms with Crippen molar-refractivity contribution >= 4 is 43.1 Å². The highest BCUT2D eigenvalue weighted by Crippen LogP contribution is 2.45. The summed E-state index contributed by atoms with van der Waals surface area (Å²) in [6.07, 6.45) is 3.73. The van der Waals surface area contributed by atoms with E-state index < -0.39 is 0 Å². The van der Waals surface area contributed by atoms with E-state index in [1.54, 1.807) is 0 Å². The monoisotopic (exact) mass is 507 g/mol. The van der Waals surface area contributed by atoms with Crippen LogP contribution >= 0.6 is 0 Å². The van der Waals surface area contributed by atoms with Gasteiger partial charge in [0, 0.05) is 12.4 Å². The van der Waals surface area contributed by atoms with Gasteiger partial charge in [-0.1, -0.05) is 109 Å². The lowest BCUT2D eigenvalue weighted by Gasteiger charge is -2.19. The number of hydrogen-bond acceptors (Lipinski definition) is 1. The van der Waals surface area contributed by atoms with Crippen molar-refractivity contribution in [2.24, 2.45) is 0 Å². The molecule has 0 bridgehead atoms. The Morgan fingerprint density at radius 1 is 0.300 bits per heavy atom. The molecular formula is C39H25N. The van der Waals surface area contributed by atoms with E-state index in [0.717, 1.165) is 0 Å². The van der Waals surface area contributed by atoms with Gasteiger partial charge in [0.1, 0.15) is 0 Å². The standard InChI is InChI=1S/C39H25N/c1-3-9-29-23-32(15-13-26(29)7-1)38-34-11-5-6-12-35(34)39(33-16-14-27-8-2-4-10-30(27)24-33)37-25-31(17-18-36(37)38)28-19-21-40-22-20-28/h1-25H. The average molecular weight is 508 g/mol. The number of pyridine rings is 1. The van der Waals surface area contributed by atoms with E-state index in [2.05, 4.69) is 145 Å². The molecule has 0 spiro atoms. The third-order valence-electron chi connectivity index (χ3n) is 8.11. The van der Waals surface area contributed by atoms with Crippen LogP contribution in [-0.4, -0.2) is 4.98 Å². The van der Waals surface area contributed by atoms with Crippen LogP contribution in [0.2, 0.25) is 0 Å². The molecule has 1 heteroatoms. The zero-order valence-electron chi connectivity index (χ0n) is 21.9. The SMILES string of the molecule is c1ccc2cc(-c3c4ccccc4c(-c4ccc5ccccc5c4)c4cc(-c5ccncc5)ccc34)ccc2c1. The van der Waals surface area contributed by atoms with Crippen LogP contribution in [0.3, 0.4) is 0 Å². The minimum absolute atomic E-state index is 1.17. The fourth-order valence-electron chi connectivity index (χ4n) is 6.21. The number of aromatic nitrogens is 1. The topological polar surface area (TPSA) is 12.9 Å². The van der Waals surface area contributed by atoms with E-state index in [-0.39, 0.29) is 0 Å². The Labute approximate surface area is 233 Å². The van der Waals surface area contributed by atoms with Gasteiger partial charge in [0.15, 0.2) is 0 Å². The molecule has 0 atom stereocenters. The zero-order valence-corrected chi connectivity index (χ0v) is 21.9. The molecule has 0 radical (unpaired) electrons. The zero-order chi connectivity index (χ0) is 26.5. The number of fused-ring (bicyclic) bond motifs is 4. The summed E-state index contributed by atoms with van der Waals surface area (Å²) in [6.45, 7) is 0. The smallest absolute Gasteiger partial charge is 0.0273 e. The lowest BCUT2D eigenvalue weighted by atomic mass is 9.84. The molecule has 0 fully saturated rings. The van der Waals surface area contributed by atoms with E-state index >= 15 is 0 Å². The van der Waals surface area contributed by atoms with E-state index in [4.69, 9.17) is 0 Å². The van der Waals surface area contributed by atoms with Crippen molar-refractivity contribution in [1.82, 2.24) is 4.98 Å². The summed E-state index contributed by atoms with van der Waals surface area (Å²) >= 11 is 0. The predicted octanol–water partition coefficient (Wildman–Crippen LogP) is 10.7. The van der Waals surface area contributed by atoms with Gasteiger partial charge in [0.05, 0.1) is 0 Å². The van der Waals surface area contributed by atoms with Crippen LogP contribution in [0, 0.1) is 0 Å². The van der Waals surface area contributed by atoms with E-state index in [9.17, 15) is 0 Å². The molecule has 0 N–H and O–H groups in total. The van der Waals surface area contributed by atoms with Gasteiger partial charge >= 0.3 is 0 Å². The number of benzene rings is 7. The predicted molar refractivity (Wildman–Crippen MR) is 171 cm³/mol. The Bertz CT molecular complexity index is 2210. The molecule has 1 aromatic heterocycles. The van der Waals surface area contributed by atoms with Gasteiger partial charge in [-0.15, -0.1) is 0 Å². The van der Waals surface area contributed by atoms with E-state index in [0.29, 0.717) is 0 Å². The normalized spacial score (nSPS) is 11.5. The summed E-state index contributed by atoms with van der Waals surface area (Å²) in [5.74, 6) is 0. The highest BCUT2D eigenvalue weighted by atomic mass is 14.6. The van der Waals surface area contributed by atoms with Crippen LogP contribution in [0.1, 0.15) is 0 Å². The highest BCUT2D eigenvalue weighted by molar-refractivity contribution is 6.22. The summed E-state index contributed by atoms with van der Waals surface area (Å²) in [5.41, 5.74) is 7.39. The maximum atomic E-state index is 4.25. The summed E-state index contributed by atoms with van der Waals surface area (Å²) in [5, 5.41) is 10.1. The quantitative estimate of drug-likeness (QED) is 0.217. The summed E-state index contributed by atoms with van der Waals surface area (Å²) < 4.78 is 0. The maximum absolute atomic E-state index is 4.25. The van der Waals surface area contributed by atoms with Gasteiger partial charge in [-0.05, 0) is 107 Å². The molecule has 0 unspecified atom stereocenters. The minimum Gasteiger partial charge on any atom is -0.265 e. The Morgan fingerprint density at radius 2 is 0.775 bits per heavy atom. The lowest BCUT2D eigenvalue weighted by molar-refractivity contribution is 1.33. The maximum Gasteiger partial charge on any atom is 0.0273 e. The molecular weight excluding hydrogens is 482 g/mol. The van der Waals surface area contributed by atoms with Gasteiger partial charge < -0.3 is 0 Å². The third kappa shape index (κ3) is 3.67. The number of nitrogens with zero attached hydrogens (tertiary/aromatic N) is 1. The van der Waals surface area contributed by atoms with Crippen LogP contribution in [0.5, 0.6) is 0 Å². The summed E-state index contributed by atoms with van der Waals surface area (Å²) in [7, 11) is 0. The molecule has 0 aliphatic rings. The first-order chi connectivity index (χ1) is 19.8. The molecule has 1 heterocycles. The summed E-state index contributed by atoms with van der Waals surface area (Å²) in [6, 6.07) is 50.9. The first-order valence-electron chi connectivity index (χ1n) is 13.7. The first-order valence-corrected chi connectivity index (χ1v) is 13.7. The van der Waals surface area contributed by atoms with Crippen molar-refractivity contribution in [2.45, 2.75) is 0 Å². The van der Waals surface area contributed by atoms with Crippen molar-refractivity contribution in [3.05, 3.63) is 152 Å². The minimum atomic E-state index is 1.17. The Balaban J connectivity index is 1.51. The van der Waals surface area contributed by atoms with Gasteiger partial charge in [-0.25, -0.2) is 0 Å². The second kappa shape index (κ2) is 9.18. The summed E-state index contributed by atoms with van der Waals surface area (Å²) in [4.78, 5) is 4.25. The van der Waals surface area contributed by atoms with Crippen molar-refractivity contribution in [3.8, 4) is 33.4 Å². The molecule has 0 amide bonds. The molecule has 1 nitrogen and oxygen atoms in total. The number of rotatable bonds is 3. The van der Waals surface area contributed by atoms with E-state index in [1.807, 2.05) is 12.4 Å². The molecule has 0 aliphatic carbocycles. The van der Waals surface area contributed by atoms with Crippen LogP contribution in [0.15, 0.2) is 152 Å². The van der Waals surface area contributed by atoms with Crippen molar-refractivity contribution in [3.63, 3.8) is 0 Å². The highest BCUT2D eigenvalue weighted by Gasteiger charge is 2.18. The van der Waals surface area contributed by atoms with Gasteiger partial charge in [-0.2, -0.15) is 0 Å². The Morgan fingerprint density at radius 3 is 1.38 bits per heavy atom. The largest absolute Gasteiger partial charge is 0.265 e. The molecule has 0 aliphatic heterocycles. The first kappa shape index (κ1) is 22.7. The molecule has 186 valence electrons. The van der Waals surface area contributed by atoms with Gasteiger partial charge in [0.2, 0.25) is 0 Å². The van der Waals surface area contributed by atoms with Crippen LogP contribution in [-0.2, 0) is 0 Å². The van der Waals surface area contributed by atoms with Crippen LogP contribution in [0.4, 0.5) is 0 Å². The van der Waals surface area contributed by atoms with Gasteiger partial charge in [0.25, 0.3) is 0 Å². The molecule has 7 aromatic carbocycles. The van der Waals surface area contributed by atoms with Crippen molar-refractivity contribution in [2.75, 3.05) is 0 Å². The van der Waals surface area contributed by atoms with Crippen molar-refractivity contribution < 1.29 is 0 Å². The van der Waals surface area contributed by atoms with Crippen molar-refractivity contribution in [1.29, 1.82) is 0 Å².